The molecule has 1 fully saturated rings. The van der Waals surface area contributed by atoms with E-state index in [0.717, 1.165) is 52.7 Å². The van der Waals surface area contributed by atoms with Gasteiger partial charge in [-0.1, -0.05) is 11.6 Å². The van der Waals surface area contributed by atoms with Crippen LogP contribution in [0.2, 0.25) is 5.02 Å². The fourth-order valence-corrected chi connectivity index (χ4v) is 5.14. The second-order valence-corrected chi connectivity index (χ2v) is 8.44. The van der Waals surface area contributed by atoms with Crippen molar-refractivity contribution in [1.29, 1.82) is 0 Å². The molecule has 124 valence electrons. The summed E-state index contributed by atoms with van der Waals surface area (Å²) < 4.78 is 5.15. The van der Waals surface area contributed by atoms with Crippen molar-refractivity contribution < 1.29 is 4.79 Å². The van der Waals surface area contributed by atoms with Crippen molar-refractivity contribution in [2.75, 3.05) is 13.1 Å². The fourth-order valence-electron chi connectivity index (χ4n) is 2.91. The Hall–Kier alpha value is -1.48. The predicted molar refractivity (Wildman–Crippen MR) is 94.9 cm³/mol. The fraction of sp³-hybridized carbons (Fsp3) is 0.333. The first-order valence-corrected chi connectivity index (χ1v) is 9.52. The van der Waals surface area contributed by atoms with Gasteiger partial charge in [0.15, 0.2) is 16.9 Å². The molecule has 0 bridgehead atoms. The number of aromatic nitrogens is 4. The Kier molecular flexibility index (Phi) is 4.53. The van der Waals surface area contributed by atoms with Crippen molar-refractivity contribution in [3.8, 4) is 0 Å². The summed E-state index contributed by atoms with van der Waals surface area (Å²) in [4.78, 5) is 18.9. The maximum Gasteiger partial charge on any atom is 0.178 e. The lowest BCUT2D eigenvalue weighted by atomic mass is 9.91. The van der Waals surface area contributed by atoms with Crippen molar-refractivity contribution >= 4 is 46.8 Å². The summed E-state index contributed by atoms with van der Waals surface area (Å²) in [5.74, 6) is 0.426. The Morgan fingerprint density at radius 2 is 2.17 bits per heavy atom. The summed E-state index contributed by atoms with van der Waals surface area (Å²) >= 11 is 9.55. The largest absolute Gasteiger partial charge is 0.295 e. The maximum absolute atomic E-state index is 10.7. The van der Waals surface area contributed by atoms with Gasteiger partial charge in [0.25, 0.3) is 0 Å². The number of carbonyl (C=O) groups is 1. The Morgan fingerprint density at radius 1 is 1.33 bits per heavy atom. The molecule has 1 saturated heterocycles. The summed E-state index contributed by atoms with van der Waals surface area (Å²) in [6, 6.07) is 1.88. The number of aldehydes is 1. The Balaban J connectivity index is 1.43. The summed E-state index contributed by atoms with van der Waals surface area (Å²) in [6.07, 6.45) is 8.16. The predicted octanol–water partition coefficient (Wildman–Crippen LogP) is 3.54. The minimum atomic E-state index is 0.426. The van der Waals surface area contributed by atoms with Crippen LogP contribution in [0.4, 0.5) is 0 Å². The molecule has 4 rings (SSSR count). The molecule has 3 aromatic rings. The van der Waals surface area contributed by atoms with Crippen molar-refractivity contribution in [2.24, 2.45) is 0 Å². The number of nitrogens with zero attached hydrogens (tertiary/aromatic N) is 5. The molecule has 3 aromatic heterocycles. The molecule has 1 aliphatic heterocycles. The van der Waals surface area contributed by atoms with E-state index in [1.165, 1.54) is 17.7 Å². The van der Waals surface area contributed by atoms with Crippen molar-refractivity contribution in [1.82, 2.24) is 23.9 Å². The minimum Gasteiger partial charge on any atom is -0.295 e. The number of hydrogen-bond donors (Lipinski definition) is 0. The first kappa shape index (κ1) is 16.0. The highest BCUT2D eigenvalue weighted by molar-refractivity contribution is 7.98. The lowest BCUT2D eigenvalue weighted by Crippen LogP contribution is -2.27. The van der Waals surface area contributed by atoms with Gasteiger partial charge in [0.1, 0.15) is 6.33 Å². The number of hydrogen-bond acceptors (Lipinski definition) is 7. The SMILES string of the molecule is O=Cc1ncc(SN2CCC(c3cn4ncnc4cc3Cl)CC2)s1. The zero-order chi connectivity index (χ0) is 16.5. The molecule has 4 heterocycles. The average Bonchev–Trinajstić information content (AvgIpc) is 3.23. The van der Waals surface area contributed by atoms with E-state index in [2.05, 4.69) is 19.4 Å². The van der Waals surface area contributed by atoms with E-state index < -0.39 is 0 Å². The number of fused-ring (bicyclic) bond motifs is 1. The van der Waals surface area contributed by atoms with Gasteiger partial charge in [-0.25, -0.2) is 18.8 Å². The van der Waals surface area contributed by atoms with Gasteiger partial charge in [-0.15, -0.1) is 11.3 Å². The van der Waals surface area contributed by atoms with Crippen LogP contribution in [-0.4, -0.2) is 43.3 Å². The monoisotopic (exact) mass is 379 g/mol. The molecule has 1 aliphatic rings. The first-order valence-electron chi connectivity index (χ1n) is 7.55. The van der Waals surface area contributed by atoms with Crippen LogP contribution >= 0.6 is 34.9 Å². The highest BCUT2D eigenvalue weighted by Crippen LogP contribution is 2.37. The van der Waals surface area contributed by atoms with Crippen molar-refractivity contribution in [2.45, 2.75) is 23.0 Å². The number of pyridine rings is 1. The number of carbonyl (C=O) groups excluding carboxylic acids is 1. The normalized spacial score (nSPS) is 16.7. The molecule has 0 aromatic carbocycles. The molecule has 0 saturated carbocycles. The van der Waals surface area contributed by atoms with E-state index in [1.54, 1.807) is 22.7 Å². The third-order valence-corrected chi connectivity index (χ3v) is 6.54. The number of halogens is 1. The topological polar surface area (TPSA) is 63.4 Å². The first-order chi connectivity index (χ1) is 11.7. The summed E-state index contributed by atoms with van der Waals surface area (Å²) in [5, 5.41) is 5.49. The lowest BCUT2D eigenvalue weighted by Gasteiger charge is -2.31. The van der Waals surface area contributed by atoms with Gasteiger partial charge in [0, 0.05) is 30.4 Å². The second kappa shape index (κ2) is 6.79. The molecular formula is C15H14ClN5OS2. The summed E-state index contributed by atoms with van der Waals surface area (Å²) in [6.45, 7) is 1.94. The van der Waals surface area contributed by atoms with Crippen LogP contribution < -0.4 is 0 Å². The highest BCUT2D eigenvalue weighted by Gasteiger charge is 2.24. The van der Waals surface area contributed by atoms with Crippen LogP contribution in [-0.2, 0) is 0 Å². The molecule has 0 unspecified atom stereocenters. The second-order valence-electron chi connectivity index (χ2n) is 5.57. The Labute approximate surface area is 152 Å². The summed E-state index contributed by atoms with van der Waals surface area (Å²) in [7, 11) is 0. The van der Waals surface area contributed by atoms with Crippen LogP contribution in [0, 0.1) is 0 Å². The van der Waals surface area contributed by atoms with Gasteiger partial charge < -0.3 is 0 Å². The van der Waals surface area contributed by atoms with E-state index in [0.29, 0.717) is 10.9 Å². The molecule has 9 heteroatoms. The van der Waals surface area contributed by atoms with Crippen LogP contribution in [0.5, 0.6) is 0 Å². The van der Waals surface area contributed by atoms with E-state index >= 15 is 0 Å². The molecular weight excluding hydrogens is 366 g/mol. The van der Waals surface area contributed by atoms with Gasteiger partial charge >= 0.3 is 0 Å². The standard InChI is InChI=1S/C15H14ClN5OS2/c16-12-5-13-18-9-19-21(13)7-11(12)10-1-3-20(4-2-10)24-15-6-17-14(8-22)23-15/h5-10H,1-4H2. The number of piperidine rings is 1. The average molecular weight is 380 g/mol. The molecule has 0 radical (unpaired) electrons. The zero-order valence-electron chi connectivity index (χ0n) is 12.6. The zero-order valence-corrected chi connectivity index (χ0v) is 15.0. The van der Waals surface area contributed by atoms with Crippen LogP contribution in [0.25, 0.3) is 5.65 Å². The van der Waals surface area contributed by atoms with E-state index in [9.17, 15) is 4.79 Å². The van der Waals surface area contributed by atoms with Crippen LogP contribution in [0.3, 0.4) is 0 Å². The van der Waals surface area contributed by atoms with Gasteiger partial charge in [-0.3, -0.25) is 4.79 Å². The molecule has 24 heavy (non-hydrogen) atoms. The van der Waals surface area contributed by atoms with Crippen molar-refractivity contribution in [3.63, 3.8) is 0 Å². The van der Waals surface area contributed by atoms with E-state index in [1.807, 2.05) is 12.3 Å². The van der Waals surface area contributed by atoms with Gasteiger partial charge in [-0.2, -0.15) is 5.10 Å². The quantitative estimate of drug-likeness (QED) is 0.510. The molecule has 0 amide bonds. The van der Waals surface area contributed by atoms with Gasteiger partial charge in [0.2, 0.25) is 0 Å². The van der Waals surface area contributed by atoms with E-state index in [-0.39, 0.29) is 0 Å². The highest BCUT2D eigenvalue weighted by atomic mass is 35.5. The third-order valence-electron chi connectivity index (χ3n) is 4.11. The Bertz CT molecular complexity index is 872. The van der Waals surface area contributed by atoms with E-state index in [4.69, 9.17) is 11.6 Å². The molecule has 0 N–H and O–H groups in total. The molecule has 0 atom stereocenters. The van der Waals surface area contributed by atoms with Crippen LogP contribution in [0.15, 0.2) is 29.0 Å². The summed E-state index contributed by atoms with van der Waals surface area (Å²) in [5.41, 5.74) is 1.91. The van der Waals surface area contributed by atoms with Crippen molar-refractivity contribution in [3.05, 3.63) is 40.4 Å². The number of rotatable bonds is 4. The third kappa shape index (κ3) is 3.19. The molecule has 0 spiro atoms. The van der Waals surface area contributed by atoms with Gasteiger partial charge in [0.05, 0.1) is 10.4 Å². The van der Waals surface area contributed by atoms with Gasteiger partial charge in [-0.05, 0) is 36.3 Å². The minimum absolute atomic E-state index is 0.426. The number of thiazole rings is 1. The molecule has 0 aliphatic carbocycles. The lowest BCUT2D eigenvalue weighted by molar-refractivity contribution is 0.112. The smallest absolute Gasteiger partial charge is 0.178 e. The molecule has 6 nitrogen and oxygen atoms in total. The van der Waals surface area contributed by atoms with Crippen LogP contribution in [0.1, 0.15) is 34.1 Å². The Morgan fingerprint density at radius 3 is 2.92 bits per heavy atom. The maximum atomic E-state index is 10.7.